The van der Waals surface area contributed by atoms with Gasteiger partial charge in [-0.2, -0.15) is 0 Å². The Hall–Kier alpha value is -0.890. The van der Waals surface area contributed by atoms with Crippen LogP contribution in [-0.2, 0) is 23.7 Å². The van der Waals surface area contributed by atoms with Crippen LogP contribution in [0.15, 0.2) is 0 Å². The summed E-state index contributed by atoms with van der Waals surface area (Å²) in [7, 11) is 0. The Morgan fingerprint density at radius 1 is 0.857 bits per heavy atom. The van der Waals surface area contributed by atoms with Crippen LogP contribution in [0.4, 0.5) is 0 Å². The molecule has 0 radical (unpaired) electrons. The highest BCUT2D eigenvalue weighted by Crippen LogP contribution is 2.77. The first kappa shape index (κ1) is 37.9. The zero-order chi connectivity index (χ0) is 36.3. The standard InChI is InChI=1S/C38H64O11/c1-20(40)46-21-18-24-34(6)13-11-25(48-31-29(43)28(42)27(41)22(19-39)47-31)32(2,3)23(34)10-14-35(24,7)36(8)16-17-38(45,30(21)36)37(9)15-12-26(49-37)33(4,5)44/h21-31,39,41-45H,10-19H2,1-9H3/t21-,22+,23?,24?,25-,26+,27+,28-,29+,30+,31-,34-,35+,36-,37-,38+/m0/s1. The van der Waals surface area contributed by atoms with E-state index in [0.29, 0.717) is 32.1 Å². The summed E-state index contributed by atoms with van der Waals surface area (Å²) >= 11 is 0. The van der Waals surface area contributed by atoms with E-state index in [-0.39, 0.29) is 51.5 Å². The number of esters is 1. The molecular formula is C38H64O11. The fraction of sp³-hybridized carbons (Fsp3) is 0.974. The number of ether oxygens (including phenoxy) is 4. The second kappa shape index (κ2) is 12.1. The molecule has 6 N–H and O–H groups in total. The Morgan fingerprint density at radius 2 is 1.53 bits per heavy atom. The first-order valence-electron chi connectivity index (χ1n) is 18.8. The van der Waals surface area contributed by atoms with Gasteiger partial charge in [0.05, 0.1) is 30.0 Å². The van der Waals surface area contributed by atoms with Gasteiger partial charge in [-0.3, -0.25) is 4.79 Å². The predicted octanol–water partition coefficient (Wildman–Crippen LogP) is 3.22. The van der Waals surface area contributed by atoms with Crippen molar-refractivity contribution in [3.63, 3.8) is 0 Å². The number of carbonyl (C=O) groups is 1. The largest absolute Gasteiger partial charge is 0.462 e. The first-order valence-corrected chi connectivity index (χ1v) is 18.8. The molecule has 6 fully saturated rings. The molecule has 0 amide bonds. The predicted molar refractivity (Wildman–Crippen MR) is 179 cm³/mol. The fourth-order valence-electron chi connectivity index (χ4n) is 12.9. The fourth-order valence-corrected chi connectivity index (χ4v) is 12.9. The molecule has 6 aliphatic rings. The molecule has 0 aromatic rings. The van der Waals surface area contributed by atoms with Crippen LogP contribution in [0, 0.1) is 39.4 Å². The molecule has 2 heterocycles. The minimum absolute atomic E-state index is 0.154. The molecule has 0 aromatic carbocycles. The van der Waals surface area contributed by atoms with E-state index in [2.05, 4.69) is 34.6 Å². The number of hydrogen-bond donors (Lipinski definition) is 6. The molecule has 49 heavy (non-hydrogen) atoms. The Balaban J connectivity index is 1.31. The molecule has 2 aliphatic heterocycles. The average molecular weight is 697 g/mol. The summed E-state index contributed by atoms with van der Waals surface area (Å²) in [4.78, 5) is 12.8. The summed E-state index contributed by atoms with van der Waals surface area (Å²) in [6.45, 7) is 17.9. The van der Waals surface area contributed by atoms with Crippen LogP contribution >= 0.6 is 0 Å². The summed E-state index contributed by atoms with van der Waals surface area (Å²) in [5, 5.41) is 65.0. The van der Waals surface area contributed by atoms with Gasteiger partial charge in [-0.15, -0.1) is 0 Å². The number of aliphatic hydroxyl groups is 6. The van der Waals surface area contributed by atoms with Gasteiger partial charge in [-0.1, -0.05) is 34.6 Å². The zero-order valence-corrected chi connectivity index (χ0v) is 31.1. The number of aliphatic hydroxyl groups excluding tert-OH is 4. The van der Waals surface area contributed by atoms with Gasteiger partial charge in [-0.05, 0) is 112 Å². The van der Waals surface area contributed by atoms with Crippen LogP contribution in [-0.4, -0.2) is 109 Å². The molecule has 2 unspecified atom stereocenters. The van der Waals surface area contributed by atoms with Gasteiger partial charge < -0.3 is 49.6 Å². The Bertz CT molecular complexity index is 1270. The molecule has 4 aliphatic carbocycles. The molecule has 4 saturated carbocycles. The van der Waals surface area contributed by atoms with Crippen LogP contribution in [0.3, 0.4) is 0 Å². The maximum Gasteiger partial charge on any atom is 0.302 e. The zero-order valence-electron chi connectivity index (χ0n) is 31.1. The van der Waals surface area contributed by atoms with Gasteiger partial charge in [0, 0.05) is 12.8 Å². The van der Waals surface area contributed by atoms with E-state index >= 15 is 0 Å². The molecule has 16 atom stereocenters. The van der Waals surface area contributed by atoms with Crippen molar-refractivity contribution in [3.05, 3.63) is 0 Å². The van der Waals surface area contributed by atoms with Crippen molar-refractivity contribution in [1.82, 2.24) is 0 Å². The van der Waals surface area contributed by atoms with E-state index in [1.165, 1.54) is 6.92 Å². The lowest BCUT2D eigenvalue weighted by atomic mass is 9.35. The van der Waals surface area contributed by atoms with Crippen LogP contribution in [0.25, 0.3) is 0 Å². The second-order valence-electron chi connectivity index (χ2n) is 19.0. The summed E-state index contributed by atoms with van der Waals surface area (Å²) in [5.74, 6) is -0.301. The molecule has 11 heteroatoms. The van der Waals surface area contributed by atoms with Crippen molar-refractivity contribution in [3.8, 4) is 0 Å². The van der Waals surface area contributed by atoms with Gasteiger partial charge in [0.25, 0.3) is 0 Å². The van der Waals surface area contributed by atoms with Crippen LogP contribution in [0.1, 0.15) is 120 Å². The van der Waals surface area contributed by atoms with Crippen LogP contribution < -0.4 is 0 Å². The normalized spacial score (nSPS) is 54.1. The highest BCUT2D eigenvalue weighted by atomic mass is 16.7. The van der Waals surface area contributed by atoms with E-state index in [4.69, 9.17) is 18.9 Å². The topological polar surface area (TPSA) is 175 Å². The minimum atomic E-state index is -1.50. The molecule has 0 bridgehead atoms. The smallest absolute Gasteiger partial charge is 0.302 e. The summed E-state index contributed by atoms with van der Waals surface area (Å²) in [6, 6.07) is 0. The maximum absolute atomic E-state index is 12.9. The lowest BCUT2D eigenvalue weighted by Gasteiger charge is -2.71. The maximum atomic E-state index is 12.9. The lowest BCUT2D eigenvalue weighted by Crippen LogP contribution is -2.70. The summed E-state index contributed by atoms with van der Waals surface area (Å²) in [6.07, 6.45) is -1.29. The third-order valence-corrected chi connectivity index (χ3v) is 15.8. The van der Waals surface area contributed by atoms with E-state index in [1.807, 2.05) is 6.92 Å². The summed E-state index contributed by atoms with van der Waals surface area (Å²) < 4.78 is 25.1. The highest BCUT2D eigenvalue weighted by Gasteiger charge is 2.76. The third-order valence-electron chi connectivity index (χ3n) is 15.8. The van der Waals surface area contributed by atoms with E-state index in [0.717, 1.165) is 25.7 Å². The molecule has 282 valence electrons. The quantitative estimate of drug-likeness (QED) is 0.178. The van der Waals surface area contributed by atoms with Crippen molar-refractivity contribution < 1.29 is 54.4 Å². The van der Waals surface area contributed by atoms with Gasteiger partial charge >= 0.3 is 5.97 Å². The van der Waals surface area contributed by atoms with Gasteiger partial charge in [0.1, 0.15) is 36.1 Å². The van der Waals surface area contributed by atoms with Crippen molar-refractivity contribution in [2.45, 2.75) is 186 Å². The van der Waals surface area contributed by atoms with Crippen molar-refractivity contribution in [2.24, 2.45) is 39.4 Å². The molecule has 2 saturated heterocycles. The Labute approximate surface area is 292 Å². The molecule has 11 nitrogen and oxygen atoms in total. The Kier molecular flexibility index (Phi) is 9.32. The van der Waals surface area contributed by atoms with E-state index < -0.39 is 66.3 Å². The molecule has 0 aromatic heterocycles. The average Bonchev–Trinajstić information content (AvgIpc) is 3.56. The Morgan fingerprint density at radius 3 is 2.12 bits per heavy atom. The minimum Gasteiger partial charge on any atom is -0.462 e. The molecule has 0 spiro atoms. The second-order valence-corrected chi connectivity index (χ2v) is 19.0. The van der Waals surface area contributed by atoms with Crippen molar-refractivity contribution in [2.75, 3.05) is 6.61 Å². The number of carbonyl (C=O) groups excluding carboxylic acids is 1. The number of rotatable bonds is 6. The van der Waals surface area contributed by atoms with Crippen molar-refractivity contribution in [1.29, 1.82) is 0 Å². The number of hydrogen-bond acceptors (Lipinski definition) is 11. The molecular weight excluding hydrogens is 632 g/mol. The summed E-state index contributed by atoms with van der Waals surface area (Å²) in [5.41, 5.74) is -4.23. The van der Waals surface area contributed by atoms with Crippen molar-refractivity contribution >= 4 is 5.97 Å². The van der Waals surface area contributed by atoms with Gasteiger partial charge in [0.2, 0.25) is 0 Å². The highest BCUT2D eigenvalue weighted by molar-refractivity contribution is 5.66. The SMILES string of the molecule is CC(=O)O[C@H]1CC2[C@@]3(C)CC[C@H](O[C@@H]4O[C@H](CO)[C@@H](O)[C@H](O)[C@H]4O)C(C)(C)C3CC[C@@]2(C)[C@@]2(C)CC[C@](O)([C@]3(C)CC[C@H](C(C)(C)O)O3)[C@H]12. The van der Waals surface area contributed by atoms with Crippen LogP contribution in [0.2, 0.25) is 0 Å². The first-order chi connectivity index (χ1) is 22.5. The van der Waals surface area contributed by atoms with Gasteiger partial charge in [-0.25, -0.2) is 0 Å². The molecule has 6 rings (SSSR count). The van der Waals surface area contributed by atoms with Gasteiger partial charge in [0.15, 0.2) is 6.29 Å². The lowest BCUT2D eigenvalue weighted by molar-refractivity contribution is -0.333. The third kappa shape index (κ3) is 5.41. The van der Waals surface area contributed by atoms with E-state index in [1.54, 1.807) is 13.8 Å². The number of fused-ring (bicyclic) bond motifs is 5. The monoisotopic (exact) mass is 696 g/mol. The van der Waals surface area contributed by atoms with E-state index in [9.17, 15) is 35.4 Å². The van der Waals surface area contributed by atoms with Crippen LogP contribution in [0.5, 0.6) is 0 Å².